The molecule has 1 rings (SSSR count). The van der Waals surface area contributed by atoms with Crippen molar-refractivity contribution in [3.63, 3.8) is 0 Å². The van der Waals surface area contributed by atoms with E-state index in [0.29, 0.717) is 4.90 Å². The molecule has 0 radical (unpaired) electrons. The molecule has 1 aliphatic rings. The van der Waals surface area contributed by atoms with Crippen molar-refractivity contribution in [2.45, 2.75) is 24.9 Å². The zero-order valence-electron chi connectivity index (χ0n) is 13.4. The maximum atomic E-state index is 11.9. The minimum Gasteiger partial charge on any atom is -0.480 e. The SMILES string of the molecule is O=C(O)CNC(=O)[C@H](CS)NC(=O)CCC(C(=O)O)N1C(=O)C=CC1=O. The van der Waals surface area contributed by atoms with Gasteiger partial charge in [0.25, 0.3) is 11.8 Å². The van der Waals surface area contributed by atoms with Gasteiger partial charge in [-0.05, 0) is 6.42 Å². The average Bonchev–Trinajstić information content (AvgIpc) is 2.89. The fourth-order valence-electron chi connectivity index (χ4n) is 2.10. The Kier molecular flexibility index (Phi) is 7.77. The van der Waals surface area contributed by atoms with Gasteiger partial charge in [-0.1, -0.05) is 0 Å². The highest BCUT2D eigenvalue weighted by atomic mass is 32.1. The first kappa shape index (κ1) is 21.2. The number of aliphatic carboxylic acids is 2. The Bertz CT molecular complexity index is 645. The Labute approximate surface area is 152 Å². The molecule has 142 valence electrons. The number of carbonyl (C=O) groups excluding carboxylic acids is 4. The van der Waals surface area contributed by atoms with Gasteiger partial charge >= 0.3 is 11.9 Å². The Balaban J connectivity index is 2.61. The number of nitrogens with zero attached hydrogens (tertiary/aromatic N) is 1. The first-order chi connectivity index (χ1) is 12.2. The lowest BCUT2D eigenvalue weighted by atomic mass is 10.1. The van der Waals surface area contributed by atoms with E-state index in [4.69, 9.17) is 5.11 Å². The molecule has 12 heteroatoms. The van der Waals surface area contributed by atoms with E-state index in [9.17, 15) is 33.9 Å². The molecule has 1 unspecified atom stereocenters. The van der Waals surface area contributed by atoms with E-state index in [2.05, 4.69) is 23.3 Å². The average molecular weight is 387 g/mol. The van der Waals surface area contributed by atoms with Gasteiger partial charge in [-0.3, -0.25) is 28.9 Å². The van der Waals surface area contributed by atoms with Crippen molar-refractivity contribution in [1.82, 2.24) is 15.5 Å². The molecule has 0 saturated carbocycles. The molecular weight excluding hydrogens is 370 g/mol. The number of hydrogen-bond acceptors (Lipinski definition) is 7. The van der Waals surface area contributed by atoms with Gasteiger partial charge in [-0.25, -0.2) is 4.79 Å². The third-order valence-corrected chi connectivity index (χ3v) is 3.70. The molecule has 0 aromatic rings. The summed E-state index contributed by atoms with van der Waals surface area (Å²) in [5, 5.41) is 22.0. The summed E-state index contributed by atoms with van der Waals surface area (Å²) in [5.41, 5.74) is 0. The number of nitrogens with one attached hydrogen (secondary N) is 2. The highest BCUT2D eigenvalue weighted by Gasteiger charge is 2.36. The van der Waals surface area contributed by atoms with Crippen LogP contribution >= 0.6 is 12.6 Å². The van der Waals surface area contributed by atoms with Gasteiger partial charge in [-0.2, -0.15) is 12.6 Å². The quantitative estimate of drug-likeness (QED) is 0.207. The minimum absolute atomic E-state index is 0.118. The Morgan fingerprint density at radius 1 is 1.12 bits per heavy atom. The molecule has 0 saturated heterocycles. The molecule has 0 bridgehead atoms. The summed E-state index contributed by atoms with van der Waals surface area (Å²) in [7, 11) is 0. The Morgan fingerprint density at radius 3 is 2.15 bits per heavy atom. The molecule has 0 spiro atoms. The lowest BCUT2D eigenvalue weighted by Gasteiger charge is -2.22. The standard InChI is InChI=1S/C14H17N3O8S/c18-9(16-7(6-26)13(23)15-5-12(21)22)2-1-8(14(24)25)17-10(19)3-4-11(17)20/h3-4,7-8,26H,1-2,5-6H2,(H,15,23)(H,16,18)(H,21,22)(H,24,25)/t7-,8?/m0/s1. The summed E-state index contributed by atoms with van der Waals surface area (Å²) in [6.07, 6.45) is 1.13. The van der Waals surface area contributed by atoms with Gasteiger partial charge < -0.3 is 20.8 Å². The zero-order chi connectivity index (χ0) is 19.9. The molecule has 0 aliphatic carbocycles. The molecule has 0 aromatic carbocycles. The summed E-state index contributed by atoms with van der Waals surface area (Å²) in [6, 6.07) is -2.64. The van der Waals surface area contributed by atoms with Crippen molar-refractivity contribution in [3.8, 4) is 0 Å². The van der Waals surface area contributed by atoms with Gasteiger partial charge in [0.2, 0.25) is 11.8 Å². The van der Waals surface area contributed by atoms with Gasteiger partial charge in [-0.15, -0.1) is 0 Å². The number of imide groups is 1. The van der Waals surface area contributed by atoms with Crippen molar-refractivity contribution in [2.24, 2.45) is 0 Å². The number of carbonyl (C=O) groups is 6. The normalized spacial score (nSPS) is 15.5. The van der Waals surface area contributed by atoms with Crippen LogP contribution in [-0.4, -0.2) is 75.1 Å². The first-order valence-electron chi connectivity index (χ1n) is 7.35. The van der Waals surface area contributed by atoms with Crippen molar-refractivity contribution in [1.29, 1.82) is 0 Å². The van der Waals surface area contributed by atoms with Crippen LogP contribution in [0.4, 0.5) is 0 Å². The van der Waals surface area contributed by atoms with Crippen LogP contribution in [0, 0.1) is 0 Å². The molecular formula is C14H17N3O8S. The van der Waals surface area contributed by atoms with Gasteiger partial charge in [0, 0.05) is 24.3 Å². The number of amides is 4. The molecule has 1 heterocycles. The molecule has 26 heavy (non-hydrogen) atoms. The number of rotatable bonds is 10. The maximum Gasteiger partial charge on any atom is 0.326 e. The van der Waals surface area contributed by atoms with E-state index in [1.54, 1.807) is 0 Å². The zero-order valence-corrected chi connectivity index (χ0v) is 14.3. The maximum absolute atomic E-state index is 11.9. The summed E-state index contributed by atoms with van der Waals surface area (Å²) < 4.78 is 0. The van der Waals surface area contributed by atoms with Crippen LogP contribution in [-0.2, 0) is 28.8 Å². The van der Waals surface area contributed by atoms with Crippen LogP contribution in [0.5, 0.6) is 0 Å². The molecule has 0 fully saturated rings. The Hall–Kier alpha value is -2.89. The molecule has 1 aliphatic heterocycles. The van der Waals surface area contributed by atoms with Crippen LogP contribution in [0.3, 0.4) is 0 Å². The van der Waals surface area contributed by atoms with Crippen molar-refractivity contribution in [2.75, 3.05) is 12.3 Å². The monoisotopic (exact) mass is 387 g/mol. The fourth-order valence-corrected chi connectivity index (χ4v) is 2.35. The second-order valence-corrected chi connectivity index (χ2v) is 5.55. The van der Waals surface area contributed by atoms with Crippen molar-refractivity contribution >= 4 is 48.2 Å². The van der Waals surface area contributed by atoms with Crippen molar-refractivity contribution < 1.29 is 39.0 Å². The van der Waals surface area contributed by atoms with Gasteiger partial charge in [0.15, 0.2) is 0 Å². The van der Waals surface area contributed by atoms with Crippen LogP contribution in [0.2, 0.25) is 0 Å². The van der Waals surface area contributed by atoms with E-state index >= 15 is 0 Å². The Morgan fingerprint density at radius 2 is 1.69 bits per heavy atom. The highest BCUT2D eigenvalue weighted by molar-refractivity contribution is 7.80. The van der Waals surface area contributed by atoms with Gasteiger partial charge in [0.05, 0.1) is 0 Å². The van der Waals surface area contributed by atoms with Crippen LogP contribution in [0.15, 0.2) is 12.2 Å². The predicted molar refractivity (Wildman–Crippen MR) is 88.1 cm³/mol. The number of carboxylic acid groups (broad SMARTS) is 2. The smallest absolute Gasteiger partial charge is 0.326 e. The summed E-state index contributed by atoms with van der Waals surface area (Å²) in [6.45, 7) is -0.633. The molecule has 2 atom stereocenters. The van der Waals surface area contributed by atoms with E-state index in [1.807, 2.05) is 0 Å². The second-order valence-electron chi connectivity index (χ2n) is 5.19. The topological polar surface area (TPSA) is 170 Å². The summed E-state index contributed by atoms with van der Waals surface area (Å²) >= 11 is 3.89. The van der Waals surface area contributed by atoms with E-state index < -0.39 is 54.2 Å². The minimum atomic E-state index is -1.52. The third-order valence-electron chi connectivity index (χ3n) is 3.33. The van der Waals surface area contributed by atoms with E-state index in [-0.39, 0.29) is 18.6 Å². The fraction of sp³-hybridized carbons (Fsp3) is 0.429. The largest absolute Gasteiger partial charge is 0.480 e. The van der Waals surface area contributed by atoms with Crippen molar-refractivity contribution in [3.05, 3.63) is 12.2 Å². The third kappa shape index (κ3) is 5.88. The summed E-state index contributed by atoms with van der Waals surface area (Å²) in [5.74, 6) is -5.89. The molecule has 0 aromatic heterocycles. The molecule has 4 amide bonds. The van der Waals surface area contributed by atoms with E-state index in [1.165, 1.54) is 0 Å². The van der Waals surface area contributed by atoms with Crippen LogP contribution in [0.25, 0.3) is 0 Å². The molecule has 4 N–H and O–H groups in total. The lowest BCUT2D eigenvalue weighted by Crippen LogP contribution is -2.49. The highest BCUT2D eigenvalue weighted by Crippen LogP contribution is 2.14. The van der Waals surface area contributed by atoms with Crippen LogP contribution in [0.1, 0.15) is 12.8 Å². The summed E-state index contributed by atoms with van der Waals surface area (Å²) in [4.78, 5) is 69.0. The number of carboxylic acids is 2. The molecule has 11 nitrogen and oxygen atoms in total. The van der Waals surface area contributed by atoms with Gasteiger partial charge in [0.1, 0.15) is 18.6 Å². The first-order valence-corrected chi connectivity index (χ1v) is 7.98. The van der Waals surface area contributed by atoms with Crippen LogP contribution < -0.4 is 10.6 Å². The number of thiol groups is 1. The van der Waals surface area contributed by atoms with E-state index in [0.717, 1.165) is 12.2 Å². The predicted octanol–water partition coefficient (Wildman–Crippen LogP) is -2.24. The number of hydrogen-bond donors (Lipinski definition) is 5. The lowest BCUT2D eigenvalue weighted by molar-refractivity contribution is -0.153. The second kappa shape index (κ2) is 9.56.